The van der Waals surface area contributed by atoms with Crippen molar-refractivity contribution >= 4 is 28.2 Å². The lowest BCUT2D eigenvalue weighted by Crippen LogP contribution is -2.11. The number of carbonyl (C=O) groups is 2. The third kappa shape index (κ3) is 4.18. The van der Waals surface area contributed by atoms with Gasteiger partial charge in [-0.1, -0.05) is 22.9 Å². The molecule has 0 radical (unpaired) electrons. The molecule has 0 unspecified atom stereocenters. The topological polar surface area (TPSA) is 52.6 Å². The highest BCUT2D eigenvalue weighted by atomic mass is 79.9. The van der Waals surface area contributed by atoms with E-state index in [0.717, 1.165) is 17.2 Å². The molecule has 0 bridgehead atoms. The first-order valence-corrected chi connectivity index (χ1v) is 7.63. The van der Waals surface area contributed by atoms with Crippen LogP contribution in [-0.4, -0.2) is 18.9 Å². The van der Waals surface area contributed by atoms with E-state index in [1.807, 2.05) is 6.92 Å². The van der Waals surface area contributed by atoms with Crippen LogP contribution in [0.2, 0.25) is 0 Å². The molecule has 2 rings (SSSR count). The van der Waals surface area contributed by atoms with Crippen molar-refractivity contribution in [1.29, 1.82) is 0 Å². The van der Waals surface area contributed by atoms with Crippen LogP contribution in [0.15, 0.2) is 46.9 Å². The molecule has 0 fully saturated rings. The number of esters is 1. The fraction of sp³-hybridized carbons (Fsp3) is 0.176. The zero-order valence-electron chi connectivity index (χ0n) is 12.0. The molecule has 0 spiro atoms. The molecule has 0 heterocycles. The Morgan fingerprint density at radius 1 is 1.18 bits per heavy atom. The first-order chi connectivity index (χ1) is 10.6. The van der Waals surface area contributed by atoms with Gasteiger partial charge in [-0.15, -0.1) is 0 Å². The van der Waals surface area contributed by atoms with Crippen molar-refractivity contribution in [2.75, 3.05) is 6.61 Å². The minimum absolute atomic E-state index is 0.349. The smallest absolute Gasteiger partial charge is 0.347 e. The largest absolute Gasteiger partial charge is 0.493 e. The van der Waals surface area contributed by atoms with Gasteiger partial charge in [0.2, 0.25) is 0 Å². The molecule has 2 aromatic rings. The van der Waals surface area contributed by atoms with Crippen LogP contribution in [0.4, 0.5) is 0 Å². The van der Waals surface area contributed by atoms with Gasteiger partial charge in [-0.25, -0.2) is 4.79 Å². The van der Waals surface area contributed by atoms with Crippen LogP contribution in [-0.2, 0) is 0 Å². The number of aldehydes is 1. The summed E-state index contributed by atoms with van der Waals surface area (Å²) in [6, 6.07) is 11.5. The van der Waals surface area contributed by atoms with E-state index in [0.29, 0.717) is 29.2 Å². The SMILES string of the molecule is CCCOc1ccc(Br)cc1C(=O)Oc1ccc(C=O)cc1. The first kappa shape index (κ1) is 16.2. The lowest BCUT2D eigenvalue weighted by molar-refractivity contribution is 0.0730. The Balaban J connectivity index is 2.20. The Kier molecular flexibility index (Phi) is 5.72. The average Bonchev–Trinajstić information content (AvgIpc) is 2.54. The van der Waals surface area contributed by atoms with Crippen molar-refractivity contribution in [3.05, 3.63) is 58.1 Å². The van der Waals surface area contributed by atoms with Crippen molar-refractivity contribution in [3.63, 3.8) is 0 Å². The van der Waals surface area contributed by atoms with Crippen molar-refractivity contribution in [1.82, 2.24) is 0 Å². The summed E-state index contributed by atoms with van der Waals surface area (Å²) in [6.07, 6.45) is 1.58. The zero-order valence-corrected chi connectivity index (χ0v) is 13.6. The normalized spacial score (nSPS) is 10.1. The molecule has 0 N–H and O–H groups in total. The van der Waals surface area contributed by atoms with E-state index in [1.165, 1.54) is 0 Å². The van der Waals surface area contributed by atoms with Gasteiger partial charge in [0.05, 0.1) is 6.61 Å². The molecular weight excluding hydrogens is 348 g/mol. The van der Waals surface area contributed by atoms with Crippen LogP contribution < -0.4 is 9.47 Å². The van der Waals surface area contributed by atoms with E-state index < -0.39 is 5.97 Å². The van der Waals surface area contributed by atoms with Gasteiger partial charge in [-0.2, -0.15) is 0 Å². The van der Waals surface area contributed by atoms with E-state index in [-0.39, 0.29) is 0 Å². The molecule has 0 aliphatic carbocycles. The van der Waals surface area contributed by atoms with E-state index in [1.54, 1.807) is 42.5 Å². The number of carbonyl (C=O) groups excluding carboxylic acids is 2. The van der Waals surface area contributed by atoms with Crippen LogP contribution in [0.5, 0.6) is 11.5 Å². The maximum absolute atomic E-state index is 12.3. The van der Waals surface area contributed by atoms with Gasteiger partial charge in [0.15, 0.2) is 0 Å². The van der Waals surface area contributed by atoms with Gasteiger partial charge in [0.25, 0.3) is 0 Å². The summed E-state index contributed by atoms with van der Waals surface area (Å²) >= 11 is 3.33. The maximum atomic E-state index is 12.3. The summed E-state index contributed by atoms with van der Waals surface area (Å²) in [5, 5.41) is 0. The molecule has 2 aromatic carbocycles. The quantitative estimate of drug-likeness (QED) is 0.437. The maximum Gasteiger partial charge on any atom is 0.347 e. The predicted octanol–water partition coefficient (Wildman–Crippen LogP) is 4.27. The van der Waals surface area contributed by atoms with E-state index in [9.17, 15) is 9.59 Å². The van der Waals surface area contributed by atoms with Crippen molar-refractivity contribution < 1.29 is 19.1 Å². The molecule has 0 aliphatic heterocycles. The average molecular weight is 363 g/mol. The van der Waals surface area contributed by atoms with Gasteiger partial charge in [-0.05, 0) is 48.9 Å². The molecule has 0 saturated heterocycles. The second-order valence-corrected chi connectivity index (χ2v) is 5.48. The van der Waals surface area contributed by atoms with Crippen LogP contribution in [0.3, 0.4) is 0 Å². The molecule has 5 heteroatoms. The summed E-state index contributed by atoms with van der Waals surface area (Å²) in [5.74, 6) is 0.350. The molecule has 114 valence electrons. The van der Waals surface area contributed by atoms with Crippen molar-refractivity contribution in [2.24, 2.45) is 0 Å². The summed E-state index contributed by atoms with van der Waals surface area (Å²) < 4.78 is 11.7. The Labute approximate surface area is 137 Å². The van der Waals surface area contributed by atoms with Crippen molar-refractivity contribution in [2.45, 2.75) is 13.3 Å². The van der Waals surface area contributed by atoms with Gasteiger partial charge < -0.3 is 9.47 Å². The van der Waals surface area contributed by atoms with Crippen LogP contribution in [0.25, 0.3) is 0 Å². The Morgan fingerprint density at radius 2 is 1.91 bits per heavy atom. The zero-order chi connectivity index (χ0) is 15.9. The number of hydrogen-bond donors (Lipinski definition) is 0. The second-order valence-electron chi connectivity index (χ2n) is 4.57. The molecule has 0 saturated carbocycles. The van der Waals surface area contributed by atoms with E-state index in [2.05, 4.69) is 15.9 Å². The number of benzene rings is 2. The molecule has 0 amide bonds. The Bertz CT molecular complexity index is 665. The molecule has 0 aliphatic rings. The van der Waals surface area contributed by atoms with Crippen LogP contribution in [0.1, 0.15) is 34.1 Å². The minimum Gasteiger partial charge on any atom is -0.493 e. The van der Waals surface area contributed by atoms with E-state index >= 15 is 0 Å². The van der Waals surface area contributed by atoms with Crippen LogP contribution in [0, 0.1) is 0 Å². The highest BCUT2D eigenvalue weighted by molar-refractivity contribution is 9.10. The highest BCUT2D eigenvalue weighted by Crippen LogP contribution is 2.25. The van der Waals surface area contributed by atoms with Gasteiger partial charge in [-0.3, -0.25) is 4.79 Å². The fourth-order valence-electron chi connectivity index (χ4n) is 1.78. The minimum atomic E-state index is -0.508. The molecule has 0 atom stereocenters. The summed E-state index contributed by atoms with van der Waals surface area (Å²) in [6.45, 7) is 2.52. The van der Waals surface area contributed by atoms with Crippen LogP contribution >= 0.6 is 15.9 Å². The Morgan fingerprint density at radius 3 is 2.55 bits per heavy atom. The van der Waals surface area contributed by atoms with Gasteiger partial charge in [0, 0.05) is 10.0 Å². The molecule has 0 aromatic heterocycles. The molecular formula is C17H15BrO4. The van der Waals surface area contributed by atoms with Crippen molar-refractivity contribution in [3.8, 4) is 11.5 Å². The third-order valence-corrected chi connectivity index (χ3v) is 3.34. The summed E-state index contributed by atoms with van der Waals surface area (Å²) in [5.41, 5.74) is 0.872. The fourth-order valence-corrected chi connectivity index (χ4v) is 2.14. The standard InChI is InChI=1S/C17H15BrO4/c1-2-9-21-16-8-5-13(18)10-15(16)17(20)22-14-6-3-12(11-19)4-7-14/h3-8,10-11H,2,9H2,1H3. The first-order valence-electron chi connectivity index (χ1n) is 6.84. The molecule has 22 heavy (non-hydrogen) atoms. The second kappa shape index (κ2) is 7.75. The lowest BCUT2D eigenvalue weighted by atomic mass is 10.2. The monoisotopic (exact) mass is 362 g/mol. The predicted molar refractivity (Wildman–Crippen MR) is 86.7 cm³/mol. The number of hydrogen-bond acceptors (Lipinski definition) is 4. The van der Waals surface area contributed by atoms with E-state index in [4.69, 9.17) is 9.47 Å². The number of halogens is 1. The Hall–Kier alpha value is -2.14. The third-order valence-electron chi connectivity index (χ3n) is 2.85. The number of ether oxygens (including phenoxy) is 2. The summed E-state index contributed by atoms with van der Waals surface area (Å²) in [7, 11) is 0. The number of rotatable bonds is 6. The summed E-state index contributed by atoms with van der Waals surface area (Å²) in [4.78, 5) is 22.9. The van der Waals surface area contributed by atoms with Gasteiger partial charge >= 0.3 is 5.97 Å². The lowest BCUT2D eigenvalue weighted by Gasteiger charge is -2.11. The van der Waals surface area contributed by atoms with Gasteiger partial charge in [0.1, 0.15) is 23.3 Å². The highest BCUT2D eigenvalue weighted by Gasteiger charge is 2.15. The molecule has 4 nitrogen and oxygen atoms in total.